The SMILES string of the molecule is O=C(CSc1nc2ccccc2c(=O)n1Cc1ccc2c(c1)OCO2)Nc1ccccc1. The van der Waals surface area contributed by atoms with Crippen LogP contribution in [0.5, 0.6) is 11.5 Å². The molecule has 0 fully saturated rings. The first kappa shape index (κ1) is 20.1. The van der Waals surface area contributed by atoms with Crippen molar-refractivity contribution >= 4 is 34.3 Å². The molecule has 0 atom stereocenters. The van der Waals surface area contributed by atoms with Crippen molar-refractivity contribution in [3.63, 3.8) is 0 Å². The maximum absolute atomic E-state index is 13.3. The molecular formula is C24H19N3O4S. The van der Waals surface area contributed by atoms with Crippen LogP contribution in [-0.2, 0) is 11.3 Å². The molecule has 0 saturated carbocycles. The van der Waals surface area contributed by atoms with Crippen molar-refractivity contribution in [2.24, 2.45) is 0 Å². The third-order valence-corrected chi connectivity index (χ3v) is 5.97. The van der Waals surface area contributed by atoms with E-state index in [2.05, 4.69) is 10.3 Å². The second-order valence-corrected chi connectivity index (χ2v) is 8.14. The summed E-state index contributed by atoms with van der Waals surface area (Å²) in [4.78, 5) is 30.4. The molecule has 1 aliphatic rings. The van der Waals surface area contributed by atoms with E-state index in [1.54, 1.807) is 16.7 Å². The number of aromatic nitrogens is 2. The van der Waals surface area contributed by atoms with Crippen LogP contribution in [0.15, 0.2) is 82.7 Å². The highest BCUT2D eigenvalue weighted by molar-refractivity contribution is 7.99. The highest BCUT2D eigenvalue weighted by atomic mass is 32.2. The van der Waals surface area contributed by atoms with E-state index in [0.717, 1.165) is 11.3 Å². The van der Waals surface area contributed by atoms with Crippen LogP contribution in [0, 0.1) is 0 Å². The molecule has 2 heterocycles. The lowest BCUT2D eigenvalue weighted by atomic mass is 10.2. The largest absolute Gasteiger partial charge is 0.454 e. The Morgan fingerprint density at radius 1 is 1.00 bits per heavy atom. The molecule has 3 aromatic carbocycles. The number of fused-ring (bicyclic) bond motifs is 2. The van der Waals surface area contributed by atoms with Crippen molar-refractivity contribution in [1.82, 2.24) is 9.55 Å². The standard InChI is InChI=1S/C24H19N3O4S/c28-22(25-17-6-2-1-3-7-17)14-32-24-26-19-9-5-4-8-18(19)23(29)27(24)13-16-10-11-20-21(12-16)31-15-30-20/h1-12H,13-15H2,(H,25,28). The predicted molar refractivity (Wildman–Crippen MR) is 123 cm³/mol. The Morgan fingerprint density at radius 2 is 1.78 bits per heavy atom. The smallest absolute Gasteiger partial charge is 0.262 e. The van der Waals surface area contributed by atoms with Crippen LogP contribution in [0.1, 0.15) is 5.56 Å². The summed E-state index contributed by atoms with van der Waals surface area (Å²) in [5.41, 5.74) is 2.05. The van der Waals surface area contributed by atoms with E-state index < -0.39 is 0 Å². The number of carbonyl (C=O) groups excluding carboxylic acids is 1. The number of para-hydroxylation sites is 2. The molecule has 0 aliphatic carbocycles. The summed E-state index contributed by atoms with van der Waals surface area (Å²) in [5, 5.41) is 3.87. The Bertz CT molecular complexity index is 1350. The number of nitrogens with one attached hydrogen (secondary N) is 1. The fourth-order valence-electron chi connectivity index (χ4n) is 3.47. The molecule has 1 aliphatic heterocycles. The highest BCUT2D eigenvalue weighted by Crippen LogP contribution is 2.33. The Balaban J connectivity index is 1.44. The van der Waals surface area contributed by atoms with Gasteiger partial charge in [0, 0.05) is 5.69 Å². The Kier molecular flexibility index (Phi) is 5.51. The van der Waals surface area contributed by atoms with E-state index in [4.69, 9.17) is 9.47 Å². The van der Waals surface area contributed by atoms with E-state index in [1.807, 2.05) is 60.7 Å². The van der Waals surface area contributed by atoms with Gasteiger partial charge in [-0.2, -0.15) is 0 Å². The van der Waals surface area contributed by atoms with E-state index in [9.17, 15) is 9.59 Å². The average molecular weight is 446 g/mol. The quantitative estimate of drug-likeness (QED) is 0.358. The molecule has 5 rings (SSSR count). The number of rotatable bonds is 6. The molecule has 1 amide bonds. The van der Waals surface area contributed by atoms with Crippen LogP contribution in [-0.4, -0.2) is 28.0 Å². The molecule has 7 nitrogen and oxygen atoms in total. The van der Waals surface area contributed by atoms with Crippen molar-refractivity contribution in [1.29, 1.82) is 0 Å². The molecule has 0 saturated heterocycles. The van der Waals surface area contributed by atoms with E-state index >= 15 is 0 Å². The van der Waals surface area contributed by atoms with Gasteiger partial charge in [-0.25, -0.2) is 4.98 Å². The number of carbonyl (C=O) groups is 1. The summed E-state index contributed by atoms with van der Waals surface area (Å²) in [6, 6.07) is 22.1. The molecule has 1 N–H and O–H groups in total. The molecule has 160 valence electrons. The molecule has 0 unspecified atom stereocenters. The van der Waals surface area contributed by atoms with Crippen LogP contribution >= 0.6 is 11.8 Å². The molecule has 1 aromatic heterocycles. The van der Waals surface area contributed by atoms with Crippen LogP contribution < -0.4 is 20.3 Å². The highest BCUT2D eigenvalue weighted by Gasteiger charge is 2.17. The van der Waals surface area contributed by atoms with Gasteiger partial charge < -0.3 is 14.8 Å². The van der Waals surface area contributed by atoms with Crippen LogP contribution in [0.2, 0.25) is 0 Å². The Morgan fingerprint density at radius 3 is 2.66 bits per heavy atom. The van der Waals surface area contributed by atoms with E-state index in [1.165, 1.54) is 11.8 Å². The number of thioether (sulfide) groups is 1. The number of amides is 1. The third-order valence-electron chi connectivity index (χ3n) is 4.99. The van der Waals surface area contributed by atoms with Gasteiger partial charge in [0.25, 0.3) is 5.56 Å². The van der Waals surface area contributed by atoms with Crippen molar-refractivity contribution in [3.8, 4) is 11.5 Å². The number of hydrogen-bond acceptors (Lipinski definition) is 6. The van der Waals surface area contributed by atoms with Gasteiger partial charge in [-0.3, -0.25) is 14.2 Å². The normalized spacial score (nSPS) is 12.1. The molecular weight excluding hydrogens is 426 g/mol. The van der Waals surface area contributed by atoms with Gasteiger partial charge in [0.05, 0.1) is 23.2 Å². The third kappa shape index (κ3) is 4.17. The zero-order valence-electron chi connectivity index (χ0n) is 17.0. The minimum atomic E-state index is -0.168. The fraction of sp³-hybridized carbons (Fsp3) is 0.125. The van der Waals surface area contributed by atoms with E-state index in [0.29, 0.717) is 34.1 Å². The molecule has 0 radical (unpaired) electrons. The number of ether oxygens (including phenoxy) is 2. The van der Waals surface area contributed by atoms with Crippen LogP contribution in [0.25, 0.3) is 10.9 Å². The summed E-state index contributed by atoms with van der Waals surface area (Å²) in [6.07, 6.45) is 0. The number of anilines is 1. The average Bonchev–Trinajstić information content (AvgIpc) is 3.28. The van der Waals surface area contributed by atoms with Crippen LogP contribution in [0.3, 0.4) is 0 Å². The number of hydrogen-bond donors (Lipinski definition) is 1. The Hall–Kier alpha value is -3.78. The minimum absolute atomic E-state index is 0.126. The van der Waals surface area contributed by atoms with Crippen molar-refractivity contribution in [2.45, 2.75) is 11.7 Å². The summed E-state index contributed by atoms with van der Waals surface area (Å²) in [6.45, 7) is 0.490. The van der Waals surface area contributed by atoms with Gasteiger partial charge in [-0.1, -0.05) is 48.2 Å². The first-order chi connectivity index (χ1) is 15.7. The van der Waals surface area contributed by atoms with Gasteiger partial charge in [0.1, 0.15) is 0 Å². The molecule has 0 spiro atoms. The second kappa shape index (κ2) is 8.76. The number of benzene rings is 3. The summed E-state index contributed by atoms with van der Waals surface area (Å²) in [5.74, 6) is 1.30. The van der Waals surface area contributed by atoms with Gasteiger partial charge in [0.2, 0.25) is 12.7 Å². The van der Waals surface area contributed by atoms with Gasteiger partial charge >= 0.3 is 0 Å². The zero-order chi connectivity index (χ0) is 21.9. The van der Waals surface area contributed by atoms with Gasteiger partial charge in [-0.15, -0.1) is 0 Å². The monoisotopic (exact) mass is 445 g/mol. The summed E-state index contributed by atoms with van der Waals surface area (Å²) >= 11 is 1.23. The van der Waals surface area contributed by atoms with Crippen LogP contribution in [0.4, 0.5) is 5.69 Å². The lowest BCUT2D eigenvalue weighted by Crippen LogP contribution is -2.24. The van der Waals surface area contributed by atoms with Crippen molar-refractivity contribution in [2.75, 3.05) is 17.9 Å². The van der Waals surface area contributed by atoms with E-state index in [-0.39, 0.29) is 24.0 Å². The zero-order valence-corrected chi connectivity index (χ0v) is 17.8. The first-order valence-electron chi connectivity index (χ1n) is 10.0. The topological polar surface area (TPSA) is 82.5 Å². The summed E-state index contributed by atoms with van der Waals surface area (Å²) < 4.78 is 12.4. The van der Waals surface area contributed by atoms with Crippen molar-refractivity contribution in [3.05, 3.63) is 88.7 Å². The predicted octanol–water partition coefficient (Wildman–Crippen LogP) is 3.90. The maximum Gasteiger partial charge on any atom is 0.262 e. The molecule has 4 aromatic rings. The Labute approximate surface area is 188 Å². The number of nitrogens with zero attached hydrogens (tertiary/aromatic N) is 2. The maximum atomic E-state index is 13.3. The molecule has 32 heavy (non-hydrogen) atoms. The minimum Gasteiger partial charge on any atom is -0.454 e. The van der Waals surface area contributed by atoms with Gasteiger partial charge in [-0.05, 0) is 42.0 Å². The first-order valence-corrected chi connectivity index (χ1v) is 11.0. The lowest BCUT2D eigenvalue weighted by Gasteiger charge is -2.13. The van der Waals surface area contributed by atoms with Crippen molar-refractivity contribution < 1.29 is 14.3 Å². The lowest BCUT2D eigenvalue weighted by molar-refractivity contribution is -0.113. The summed E-state index contributed by atoms with van der Waals surface area (Å²) in [7, 11) is 0. The second-order valence-electron chi connectivity index (χ2n) is 7.19. The molecule has 8 heteroatoms. The van der Waals surface area contributed by atoms with Gasteiger partial charge in [0.15, 0.2) is 16.7 Å². The fourth-order valence-corrected chi connectivity index (χ4v) is 4.27. The molecule has 0 bridgehead atoms.